The lowest BCUT2D eigenvalue weighted by Gasteiger charge is -2.09. The summed E-state index contributed by atoms with van der Waals surface area (Å²) in [5.74, 6) is -1.01. The van der Waals surface area contributed by atoms with Gasteiger partial charge in [-0.1, -0.05) is 12.1 Å². The molecule has 0 saturated heterocycles. The Morgan fingerprint density at radius 2 is 1.86 bits per heavy atom. The molecule has 108 valence electrons. The molecule has 0 aliphatic heterocycles. The number of rotatable bonds is 4. The lowest BCUT2D eigenvalue weighted by Crippen LogP contribution is -2.34. The highest BCUT2D eigenvalue weighted by Crippen LogP contribution is 2.16. The van der Waals surface area contributed by atoms with Gasteiger partial charge < -0.3 is 20.1 Å². The van der Waals surface area contributed by atoms with E-state index in [9.17, 15) is 9.18 Å². The molecule has 0 spiro atoms. The lowest BCUT2D eigenvalue weighted by atomic mass is 9.79. The van der Waals surface area contributed by atoms with E-state index in [0.29, 0.717) is 11.4 Å². The molecule has 1 amide bonds. The van der Waals surface area contributed by atoms with E-state index in [1.54, 1.807) is 24.3 Å². The minimum Gasteiger partial charge on any atom is -0.497 e. The average molecular weight is 289 g/mol. The second kappa shape index (κ2) is 6.38. The Balaban J connectivity index is 2.22. The second-order valence-corrected chi connectivity index (χ2v) is 4.27. The first-order chi connectivity index (χ1) is 10.0. The van der Waals surface area contributed by atoms with Gasteiger partial charge in [0.05, 0.1) is 12.7 Å². The number of amides is 1. The fourth-order valence-corrected chi connectivity index (χ4v) is 1.80. The zero-order valence-electron chi connectivity index (χ0n) is 11.2. The van der Waals surface area contributed by atoms with Crippen molar-refractivity contribution >= 4 is 24.2 Å². The van der Waals surface area contributed by atoms with Gasteiger partial charge in [-0.25, -0.2) is 4.39 Å². The third-order valence-corrected chi connectivity index (χ3v) is 2.90. The molecule has 2 aromatic rings. The van der Waals surface area contributed by atoms with Gasteiger partial charge in [0, 0.05) is 11.2 Å². The Morgan fingerprint density at radius 3 is 2.43 bits per heavy atom. The maximum absolute atomic E-state index is 14.0. The number of carbonyl (C=O) groups excluding carboxylic acids is 1. The molecule has 5 nitrogen and oxygen atoms in total. The van der Waals surface area contributed by atoms with Crippen molar-refractivity contribution in [1.82, 2.24) is 0 Å². The van der Waals surface area contributed by atoms with Crippen LogP contribution in [-0.2, 0) is 0 Å². The Labute approximate surface area is 121 Å². The maximum Gasteiger partial charge on any atom is 0.491 e. The molecule has 3 N–H and O–H groups in total. The van der Waals surface area contributed by atoms with Crippen LogP contribution in [0.3, 0.4) is 0 Å². The number of halogens is 1. The molecule has 0 aliphatic carbocycles. The standard InChI is InChI=1S/C14H13BFNO4/c1-21-10-7-5-9(6-8-10)17-14(18)11-3-2-4-12(13(11)16)15(19)20/h2-8,19-20H,1H3,(H,17,18). The van der Waals surface area contributed by atoms with Crippen LogP contribution in [0.15, 0.2) is 42.5 Å². The smallest absolute Gasteiger partial charge is 0.491 e. The molecule has 0 saturated carbocycles. The highest BCUT2D eigenvalue weighted by atomic mass is 19.1. The summed E-state index contributed by atoms with van der Waals surface area (Å²) in [5.41, 5.74) is -0.149. The molecule has 0 bridgehead atoms. The van der Waals surface area contributed by atoms with Gasteiger partial charge >= 0.3 is 7.12 Å². The fraction of sp³-hybridized carbons (Fsp3) is 0.0714. The van der Waals surface area contributed by atoms with Crippen molar-refractivity contribution < 1.29 is 24.0 Å². The SMILES string of the molecule is COc1ccc(NC(=O)c2cccc(B(O)O)c2F)cc1. The van der Waals surface area contributed by atoms with Crippen molar-refractivity contribution in [3.63, 3.8) is 0 Å². The Hall–Kier alpha value is -2.38. The molecule has 0 radical (unpaired) electrons. The van der Waals surface area contributed by atoms with Crippen molar-refractivity contribution in [1.29, 1.82) is 0 Å². The van der Waals surface area contributed by atoms with Crippen LogP contribution in [-0.4, -0.2) is 30.2 Å². The van der Waals surface area contributed by atoms with Crippen molar-refractivity contribution in [3.05, 3.63) is 53.8 Å². The summed E-state index contributed by atoms with van der Waals surface area (Å²) in [6, 6.07) is 10.4. The highest BCUT2D eigenvalue weighted by molar-refractivity contribution is 6.58. The zero-order valence-corrected chi connectivity index (χ0v) is 11.2. The predicted molar refractivity (Wildman–Crippen MR) is 77.2 cm³/mol. The Morgan fingerprint density at radius 1 is 1.19 bits per heavy atom. The number of methoxy groups -OCH3 is 1. The van der Waals surface area contributed by atoms with Gasteiger partial charge in [-0.15, -0.1) is 0 Å². The minimum absolute atomic E-state index is 0.267. The van der Waals surface area contributed by atoms with Gasteiger partial charge in [0.2, 0.25) is 0 Å². The topological polar surface area (TPSA) is 78.8 Å². The summed E-state index contributed by atoms with van der Waals surface area (Å²) in [4.78, 5) is 12.0. The second-order valence-electron chi connectivity index (χ2n) is 4.27. The first-order valence-corrected chi connectivity index (χ1v) is 6.13. The normalized spacial score (nSPS) is 10.1. The van der Waals surface area contributed by atoms with Crippen molar-refractivity contribution in [2.75, 3.05) is 12.4 Å². The Bertz CT molecular complexity index is 646. The first-order valence-electron chi connectivity index (χ1n) is 6.13. The van der Waals surface area contributed by atoms with E-state index < -0.39 is 18.8 Å². The summed E-state index contributed by atoms with van der Waals surface area (Å²) >= 11 is 0. The molecule has 2 rings (SSSR count). The van der Waals surface area contributed by atoms with Crippen LogP contribution in [0.2, 0.25) is 0 Å². The molecule has 0 atom stereocenters. The van der Waals surface area contributed by atoms with Crippen LogP contribution < -0.4 is 15.5 Å². The van der Waals surface area contributed by atoms with Crippen LogP contribution in [0, 0.1) is 5.82 Å². The van der Waals surface area contributed by atoms with Gasteiger partial charge in [-0.3, -0.25) is 4.79 Å². The molecule has 7 heteroatoms. The summed E-state index contributed by atoms with van der Waals surface area (Å²) < 4.78 is 19.0. The minimum atomic E-state index is -1.97. The van der Waals surface area contributed by atoms with E-state index in [1.165, 1.54) is 25.3 Å². The molecule has 0 unspecified atom stereocenters. The van der Waals surface area contributed by atoms with Gasteiger partial charge in [0.25, 0.3) is 5.91 Å². The number of benzene rings is 2. The first kappa shape index (κ1) is 15.0. The van der Waals surface area contributed by atoms with Crippen LogP contribution >= 0.6 is 0 Å². The number of nitrogens with one attached hydrogen (secondary N) is 1. The summed E-state index contributed by atoms with van der Waals surface area (Å²) in [7, 11) is -0.451. The molecular weight excluding hydrogens is 276 g/mol. The molecule has 2 aromatic carbocycles. The fourth-order valence-electron chi connectivity index (χ4n) is 1.80. The molecular formula is C14H13BFNO4. The number of anilines is 1. The molecule has 0 aromatic heterocycles. The monoisotopic (exact) mass is 289 g/mol. The summed E-state index contributed by atoms with van der Waals surface area (Å²) in [6.45, 7) is 0. The number of ether oxygens (including phenoxy) is 1. The quantitative estimate of drug-likeness (QED) is 0.726. The van der Waals surface area contributed by atoms with E-state index in [4.69, 9.17) is 14.8 Å². The lowest BCUT2D eigenvalue weighted by molar-refractivity contribution is 0.102. The average Bonchev–Trinajstić information content (AvgIpc) is 2.47. The van der Waals surface area contributed by atoms with E-state index >= 15 is 0 Å². The van der Waals surface area contributed by atoms with Gasteiger partial charge in [0.1, 0.15) is 11.6 Å². The van der Waals surface area contributed by atoms with Crippen molar-refractivity contribution in [2.24, 2.45) is 0 Å². The predicted octanol–water partition coefficient (Wildman–Crippen LogP) is 0.766. The van der Waals surface area contributed by atoms with E-state index in [-0.39, 0.29) is 11.0 Å². The van der Waals surface area contributed by atoms with E-state index in [2.05, 4.69) is 5.32 Å². The third kappa shape index (κ3) is 3.39. The zero-order chi connectivity index (χ0) is 15.4. The molecule has 0 fully saturated rings. The molecule has 21 heavy (non-hydrogen) atoms. The number of carbonyl (C=O) groups is 1. The number of hydrogen-bond acceptors (Lipinski definition) is 4. The van der Waals surface area contributed by atoms with Crippen LogP contribution in [0.25, 0.3) is 0 Å². The summed E-state index contributed by atoms with van der Waals surface area (Å²) in [6.07, 6.45) is 0. The van der Waals surface area contributed by atoms with Crippen LogP contribution in [0.4, 0.5) is 10.1 Å². The van der Waals surface area contributed by atoms with Gasteiger partial charge in [-0.2, -0.15) is 0 Å². The van der Waals surface area contributed by atoms with Crippen LogP contribution in [0.1, 0.15) is 10.4 Å². The van der Waals surface area contributed by atoms with E-state index in [1.807, 2.05) is 0 Å². The third-order valence-electron chi connectivity index (χ3n) is 2.90. The van der Waals surface area contributed by atoms with E-state index in [0.717, 1.165) is 0 Å². The summed E-state index contributed by atoms with van der Waals surface area (Å²) in [5, 5.41) is 20.6. The number of hydrogen-bond donors (Lipinski definition) is 3. The van der Waals surface area contributed by atoms with Crippen LogP contribution in [0.5, 0.6) is 5.75 Å². The van der Waals surface area contributed by atoms with Crippen molar-refractivity contribution in [2.45, 2.75) is 0 Å². The van der Waals surface area contributed by atoms with Gasteiger partial charge in [0.15, 0.2) is 0 Å². The largest absolute Gasteiger partial charge is 0.497 e. The molecule has 0 aliphatic rings. The Kier molecular flexibility index (Phi) is 4.57. The van der Waals surface area contributed by atoms with Gasteiger partial charge in [-0.05, 0) is 30.3 Å². The molecule has 0 heterocycles. The highest BCUT2D eigenvalue weighted by Gasteiger charge is 2.21. The van der Waals surface area contributed by atoms with Crippen molar-refractivity contribution in [3.8, 4) is 5.75 Å². The maximum atomic E-state index is 14.0.